The first-order chi connectivity index (χ1) is 18.1. The van der Waals surface area contributed by atoms with Gasteiger partial charge in [0.05, 0.1) is 16.2 Å². The van der Waals surface area contributed by atoms with Crippen LogP contribution in [-0.2, 0) is 6.61 Å². The number of hydrogen-bond donors (Lipinski definition) is 1. The van der Waals surface area contributed by atoms with Gasteiger partial charge in [-0.25, -0.2) is 4.39 Å². The van der Waals surface area contributed by atoms with Crippen LogP contribution in [0, 0.1) is 11.7 Å². The summed E-state index contributed by atoms with van der Waals surface area (Å²) in [6.07, 6.45) is 7.64. The van der Waals surface area contributed by atoms with Gasteiger partial charge in [-0.05, 0) is 99.1 Å². The molecule has 0 aromatic heterocycles. The Balaban J connectivity index is 1.12. The van der Waals surface area contributed by atoms with Crippen LogP contribution in [-0.4, -0.2) is 6.21 Å². The summed E-state index contributed by atoms with van der Waals surface area (Å²) in [5.41, 5.74) is 6.71. The molecule has 2 aliphatic rings. The van der Waals surface area contributed by atoms with E-state index in [4.69, 9.17) is 4.74 Å². The molecule has 1 heterocycles. The molecular formula is C32H26BrFN2O. The van der Waals surface area contributed by atoms with Gasteiger partial charge in [0, 0.05) is 17.8 Å². The van der Waals surface area contributed by atoms with Crippen molar-refractivity contribution in [2.75, 3.05) is 5.32 Å². The molecule has 37 heavy (non-hydrogen) atoms. The van der Waals surface area contributed by atoms with Crippen molar-refractivity contribution in [3.05, 3.63) is 136 Å². The molecule has 6 rings (SSSR count). The monoisotopic (exact) mass is 552 g/mol. The second kappa shape index (κ2) is 10.3. The summed E-state index contributed by atoms with van der Waals surface area (Å²) in [5, 5.41) is 3.78. The van der Waals surface area contributed by atoms with Crippen LogP contribution in [0.3, 0.4) is 0 Å². The third-order valence-corrected chi connectivity index (χ3v) is 7.77. The summed E-state index contributed by atoms with van der Waals surface area (Å²) in [4.78, 5) is 4.68. The van der Waals surface area contributed by atoms with Gasteiger partial charge in [0.15, 0.2) is 0 Å². The van der Waals surface area contributed by atoms with E-state index in [2.05, 4.69) is 86.9 Å². The standard InChI is InChI=1S/C32H26BrFN2O/c33-29-18-22(10-17-31(29)37-20-21-8-13-24(34)14-9-21)19-35-25-15-11-23(12-16-25)32-28-6-3-5-26(28)27-4-1-2-7-30(27)36-32/h1-5,7-19,26,28,32,36H,6,20H2/t26-,28-,32-/m0/s1. The average Bonchev–Trinajstić information content (AvgIpc) is 3.43. The van der Waals surface area contributed by atoms with Crippen molar-refractivity contribution in [1.82, 2.24) is 0 Å². The van der Waals surface area contributed by atoms with Gasteiger partial charge < -0.3 is 10.1 Å². The van der Waals surface area contributed by atoms with E-state index in [0.717, 1.165) is 33.5 Å². The van der Waals surface area contributed by atoms with Crippen LogP contribution in [0.2, 0.25) is 0 Å². The molecule has 0 bridgehead atoms. The Morgan fingerprint density at radius 1 is 0.973 bits per heavy atom. The van der Waals surface area contributed by atoms with Crippen molar-refractivity contribution in [3.63, 3.8) is 0 Å². The minimum absolute atomic E-state index is 0.251. The van der Waals surface area contributed by atoms with Crippen molar-refractivity contribution in [2.45, 2.75) is 25.0 Å². The summed E-state index contributed by atoms with van der Waals surface area (Å²) in [6, 6.07) is 29.7. The molecule has 1 aliphatic heterocycles. The number of rotatable bonds is 6. The average molecular weight is 553 g/mol. The van der Waals surface area contributed by atoms with E-state index >= 15 is 0 Å². The quantitative estimate of drug-likeness (QED) is 0.191. The van der Waals surface area contributed by atoms with Crippen molar-refractivity contribution in [2.24, 2.45) is 10.9 Å². The van der Waals surface area contributed by atoms with Crippen LogP contribution in [0.15, 0.2) is 113 Å². The molecule has 0 saturated heterocycles. The largest absolute Gasteiger partial charge is 0.488 e. The Morgan fingerprint density at radius 3 is 2.59 bits per heavy atom. The molecule has 4 aromatic rings. The topological polar surface area (TPSA) is 33.6 Å². The Hall–Kier alpha value is -3.70. The number of allylic oxidation sites excluding steroid dienone is 2. The van der Waals surface area contributed by atoms with Crippen LogP contribution >= 0.6 is 15.9 Å². The number of benzene rings is 4. The molecule has 0 spiro atoms. The number of para-hydroxylation sites is 1. The first-order valence-corrected chi connectivity index (χ1v) is 13.3. The summed E-state index contributed by atoms with van der Waals surface area (Å²) in [7, 11) is 0. The van der Waals surface area contributed by atoms with E-state index < -0.39 is 0 Å². The van der Waals surface area contributed by atoms with Gasteiger partial charge in [0.1, 0.15) is 18.2 Å². The second-order valence-electron chi connectivity index (χ2n) is 9.52. The molecule has 4 aromatic carbocycles. The van der Waals surface area contributed by atoms with Crippen molar-refractivity contribution >= 4 is 33.5 Å². The van der Waals surface area contributed by atoms with Crippen molar-refractivity contribution in [3.8, 4) is 5.75 Å². The van der Waals surface area contributed by atoms with Gasteiger partial charge in [-0.2, -0.15) is 0 Å². The number of anilines is 1. The first-order valence-electron chi connectivity index (χ1n) is 12.5. The van der Waals surface area contributed by atoms with Gasteiger partial charge in [0.2, 0.25) is 0 Å². The predicted molar refractivity (Wildman–Crippen MR) is 151 cm³/mol. The molecule has 0 radical (unpaired) electrons. The highest BCUT2D eigenvalue weighted by molar-refractivity contribution is 9.10. The lowest BCUT2D eigenvalue weighted by molar-refractivity contribution is 0.304. The number of nitrogens with zero attached hydrogens (tertiary/aromatic N) is 1. The van der Waals surface area contributed by atoms with Crippen molar-refractivity contribution in [1.29, 1.82) is 0 Å². The highest BCUT2D eigenvalue weighted by Gasteiger charge is 2.37. The number of aliphatic imine (C=N–C) groups is 1. The number of ether oxygens (including phenoxy) is 1. The Kier molecular flexibility index (Phi) is 6.62. The molecule has 5 heteroatoms. The van der Waals surface area contributed by atoms with E-state index in [0.29, 0.717) is 18.4 Å². The minimum Gasteiger partial charge on any atom is -0.488 e. The predicted octanol–water partition coefficient (Wildman–Crippen LogP) is 8.74. The number of fused-ring (bicyclic) bond motifs is 3. The molecule has 0 amide bonds. The van der Waals surface area contributed by atoms with E-state index in [1.807, 2.05) is 24.4 Å². The summed E-state index contributed by atoms with van der Waals surface area (Å²) in [5.74, 6) is 1.48. The lowest BCUT2D eigenvalue weighted by Gasteiger charge is -2.37. The molecule has 0 unspecified atom stereocenters. The molecule has 3 nitrogen and oxygen atoms in total. The third-order valence-electron chi connectivity index (χ3n) is 7.15. The van der Waals surface area contributed by atoms with Gasteiger partial charge in [-0.1, -0.05) is 54.6 Å². The zero-order valence-corrected chi connectivity index (χ0v) is 21.7. The molecular weight excluding hydrogens is 527 g/mol. The van der Waals surface area contributed by atoms with Crippen LogP contribution in [0.4, 0.5) is 15.8 Å². The Bertz CT molecular complexity index is 1460. The smallest absolute Gasteiger partial charge is 0.134 e. The van der Waals surface area contributed by atoms with Gasteiger partial charge in [0.25, 0.3) is 0 Å². The van der Waals surface area contributed by atoms with E-state index in [-0.39, 0.29) is 11.9 Å². The van der Waals surface area contributed by atoms with Gasteiger partial charge in [-0.15, -0.1) is 0 Å². The molecule has 1 aliphatic carbocycles. The summed E-state index contributed by atoms with van der Waals surface area (Å²) < 4.78 is 19.8. The Labute approximate surface area is 224 Å². The molecule has 184 valence electrons. The minimum atomic E-state index is -0.251. The fourth-order valence-electron chi connectivity index (χ4n) is 5.25. The van der Waals surface area contributed by atoms with Crippen LogP contribution in [0.1, 0.15) is 40.6 Å². The summed E-state index contributed by atoms with van der Waals surface area (Å²) in [6.45, 7) is 0.373. The van der Waals surface area contributed by atoms with Crippen molar-refractivity contribution < 1.29 is 9.13 Å². The van der Waals surface area contributed by atoms with Gasteiger partial charge >= 0.3 is 0 Å². The highest BCUT2D eigenvalue weighted by Crippen LogP contribution is 2.49. The van der Waals surface area contributed by atoms with E-state index in [1.165, 1.54) is 28.9 Å². The zero-order valence-electron chi connectivity index (χ0n) is 20.1. The van der Waals surface area contributed by atoms with Gasteiger partial charge in [-0.3, -0.25) is 4.99 Å². The molecule has 0 fully saturated rings. The molecule has 3 atom stereocenters. The van der Waals surface area contributed by atoms with E-state index in [1.54, 1.807) is 12.1 Å². The second-order valence-corrected chi connectivity index (χ2v) is 10.4. The maximum absolute atomic E-state index is 13.1. The van der Waals surface area contributed by atoms with E-state index in [9.17, 15) is 4.39 Å². The maximum Gasteiger partial charge on any atom is 0.134 e. The number of halogens is 2. The van der Waals surface area contributed by atoms with Crippen LogP contribution in [0.25, 0.3) is 0 Å². The number of hydrogen-bond acceptors (Lipinski definition) is 3. The fourth-order valence-corrected chi connectivity index (χ4v) is 5.76. The summed E-state index contributed by atoms with van der Waals surface area (Å²) >= 11 is 3.59. The molecule has 1 N–H and O–H groups in total. The lowest BCUT2D eigenvalue weighted by atomic mass is 9.77. The zero-order chi connectivity index (χ0) is 25.2. The Morgan fingerprint density at radius 2 is 1.78 bits per heavy atom. The molecule has 0 saturated carbocycles. The SMILES string of the molecule is Fc1ccc(COc2ccc(C=Nc3ccc([C@@H]4Nc5ccccc5[C@@H]5C=CC[C@@H]54)cc3)cc2Br)cc1. The maximum atomic E-state index is 13.1. The number of nitrogens with one attached hydrogen (secondary N) is 1. The highest BCUT2D eigenvalue weighted by atomic mass is 79.9. The lowest BCUT2D eigenvalue weighted by Crippen LogP contribution is -2.28. The third kappa shape index (κ3) is 5.09. The first kappa shape index (κ1) is 23.7. The van der Waals surface area contributed by atoms with Crippen LogP contribution < -0.4 is 10.1 Å². The fraction of sp³-hybridized carbons (Fsp3) is 0.156. The normalized spacial score (nSPS) is 19.9. The van der Waals surface area contributed by atoms with Crippen LogP contribution in [0.5, 0.6) is 5.75 Å².